The zero-order valence-electron chi connectivity index (χ0n) is 17.7. The Labute approximate surface area is 178 Å². The van der Waals surface area contributed by atoms with E-state index in [-0.39, 0.29) is 30.4 Å². The van der Waals surface area contributed by atoms with E-state index < -0.39 is 0 Å². The van der Waals surface area contributed by atoms with Gasteiger partial charge in [-0.25, -0.2) is 0 Å². The smallest absolute Gasteiger partial charge is 0.240 e. The summed E-state index contributed by atoms with van der Waals surface area (Å²) in [6.45, 7) is 5.56. The lowest BCUT2D eigenvalue weighted by molar-refractivity contribution is -0.143. The van der Waals surface area contributed by atoms with Crippen LogP contribution in [-0.2, 0) is 14.3 Å². The molecule has 0 bridgehead atoms. The highest BCUT2D eigenvalue weighted by atomic mass is 16.5. The van der Waals surface area contributed by atoms with Gasteiger partial charge in [-0.3, -0.25) is 14.5 Å². The van der Waals surface area contributed by atoms with Crippen LogP contribution < -0.4 is 5.32 Å². The molecule has 160 valence electrons. The summed E-state index contributed by atoms with van der Waals surface area (Å²) in [6.07, 6.45) is 2.88. The normalized spacial score (nSPS) is 21.4. The highest BCUT2D eigenvalue weighted by molar-refractivity contribution is 5.87. The number of hydrogen-bond donors (Lipinski definition) is 1. The Morgan fingerprint density at radius 3 is 2.67 bits per heavy atom. The molecule has 2 fully saturated rings. The average molecular weight is 410 g/mol. The molecule has 0 unspecified atom stereocenters. The third kappa shape index (κ3) is 4.65. The van der Waals surface area contributed by atoms with Gasteiger partial charge in [0, 0.05) is 13.1 Å². The first kappa shape index (κ1) is 20.8. The van der Waals surface area contributed by atoms with Crippen LogP contribution in [0, 0.1) is 0 Å². The van der Waals surface area contributed by atoms with Crippen molar-refractivity contribution >= 4 is 22.6 Å². The largest absolute Gasteiger partial charge is 0.378 e. The van der Waals surface area contributed by atoms with Crippen LogP contribution in [-0.4, -0.2) is 67.0 Å². The first-order chi connectivity index (χ1) is 14.6. The number of carbonyl (C=O) groups excluding carboxylic acids is 2. The molecule has 6 nitrogen and oxygen atoms in total. The third-order valence-corrected chi connectivity index (χ3v) is 6.24. The lowest BCUT2D eigenvalue weighted by Crippen LogP contribution is -2.55. The fraction of sp³-hybridized carbons (Fsp3) is 0.500. The van der Waals surface area contributed by atoms with Gasteiger partial charge < -0.3 is 15.0 Å². The number of likely N-dealkylation sites (tertiary alicyclic amines) is 1. The van der Waals surface area contributed by atoms with E-state index in [0.29, 0.717) is 26.3 Å². The van der Waals surface area contributed by atoms with E-state index in [0.717, 1.165) is 36.8 Å². The van der Waals surface area contributed by atoms with Crippen LogP contribution in [0.25, 0.3) is 10.8 Å². The van der Waals surface area contributed by atoms with Crippen LogP contribution in [0.2, 0.25) is 0 Å². The molecule has 0 saturated carbocycles. The molecule has 1 N–H and O–H groups in total. The summed E-state index contributed by atoms with van der Waals surface area (Å²) < 4.78 is 5.37. The van der Waals surface area contributed by atoms with Crippen molar-refractivity contribution in [1.29, 1.82) is 0 Å². The maximum absolute atomic E-state index is 13.0. The minimum absolute atomic E-state index is 0.0305. The number of fused-ring (bicyclic) bond motifs is 1. The van der Waals surface area contributed by atoms with E-state index in [2.05, 4.69) is 34.5 Å². The van der Waals surface area contributed by atoms with Gasteiger partial charge in [-0.2, -0.15) is 0 Å². The first-order valence-electron chi connectivity index (χ1n) is 11.0. The molecule has 2 amide bonds. The quantitative estimate of drug-likeness (QED) is 0.825. The number of rotatable bonds is 5. The van der Waals surface area contributed by atoms with E-state index in [1.165, 1.54) is 5.39 Å². The Morgan fingerprint density at radius 1 is 1.07 bits per heavy atom. The van der Waals surface area contributed by atoms with E-state index in [1.807, 2.05) is 30.0 Å². The number of nitrogens with one attached hydrogen (secondary N) is 1. The van der Waals surface area contributed by atoms with Crippen LogP contribution in [0.1, 0.15) is 37.8 Å². The van der Waals surface area contributed by atoms with Gasteiger partial charge in [-0.1, -0.05) is 48.9 Å². The van der Waals surface area contributed by atoms with Gasteiger partial charge >= 0.3 is 0 Å². The Hall–Kier alpha value is -2.44. The molecule has 0 radical (unpaired) electrons. The number of benzene rings is 2. The fourth-order valence-electron chi connectivity index (χ4n) is 4.63. The molecule has 2 aliphatic heterocycles. The molecule has 2 atom stereocenters. The van der Waals surface area contributed by atoms with Gasteiger partial charge in [0.15, 0.2) is 0 Å². The van der Waals surface area contributed by atoms with E-state index >= 15 is 0 Å². The molecule has 4 rings (SSSR count). The Bertz CT molecular complexity index is 889. The molecule has 0 spiro atoms. The number of morpholine rings is 1. The zero-order chi connectivity index (χ0) is 20.9. The minimum atomic E-state index is -0.199. The molecule has 2 saturated heterocycles. The van der Waals surface area contributed by atoms with Crippen molar-refractivity contribution in [3.63, 3.8) is 0 Å². The molecule has 2 aromatic carbocycles. The highest BCUT2D eigenvalue weighted by Gasteiger charge is 2.33. The maximum atomic E-state index is 13.0. The Morgan fingerprint density at radius 2 is 1.83 bits per heavy atom. The van der Waals surface area contributed by atoms with Crippen molar-refractivity contribution in [1.82, 2.24) is 15.1 Å². The van der Waals surface area contributed by atoms with Crippen molar-refractivity contribution in [3.05, 3.63) is 48.0 Å². The van der Waals surface area contributed by atoms with Crippen molar-refractivity contribution in [3.8, 4) is 0 Å². The molecular formula is C24H31N3O3. The number of carbonyl (C=O) groups is 2. The maximum Gasteiger partial charge on any atom is 0.240 e. The molecule has 0 aliphatic carbocycles. The topological polar surface area (TPSA) is 61.9 Å². The second-order valence-electron chi connectivity index (χ2n) is 8.28. The van der Waals surface area contributed by atoms with Gasteiger partial charge in [-0.05, 0) is 42.6 Å². The average Bonchev–Trinajstić information content (AvgIpc) is 2.79. The van der Waals surface area contributed by atoms with E-state index in [4.69, 9.17) is 4.74 Å². The van der Waals surface area contributed by atoms with E-state index in [1.54, 1.807) is 0 Å². The zero-order valence-corrected chi connectivity index (χ0v) is 17.7. The standard InChI is InChI=1S/C24H31N3O3/c1-18(20-10-6-8-19-7-2-3-9-21(19)20)25-23(28)17-27-12-5-4-11-22(27)24(29)26-13-15-30-16-14-26/h2-3,6-10,18,22H,4-5,11-17H2,1H3,(H,25,28)/t18-,22-/m0/s1. The number of piperidine rings is 1. The fourth-order valence-corrected chi connectivity index (χ4v) is 4.63. The van der Waals surface area contributed by atoms with Crippen LogP contribution >= 0.6 is 0 Å². The molecule has 0 aromatic heterocycles. The highest BCUT2D eigenvalue weighted by Crippen LogP contribution is 2.24. The number of ether oxygens (including phenoxy) is 1. The van der Waals surface area contributed by atoms with Crippen molar-refractivity contribution in [2.45, 2.75) is 38.3 Å². The molecule has 2 heterocycles. The monoisotopic (exact) mass is 409 g/mol. The molecular weight excluding hydrogens is 378 g/mol. The Kier molecular flexibility index (Phi) is 6.65. The summed E-state index contributed by atoms with van der Waals surface area (Å²) in [5.41, 5.74) is 1.11. The lowest BCUT2D eigenvalue weighted by atomic mass is 9.99. The molecule has 2 aromatic rings. The molecule has 6 heteroatoms. The van der Waals surface area contributed by atoms with Crippen molar-refractivity contribution in [2.75, 3.05) is 39.4 Å². The number of amides is 2. The summed E-state index contributed by atoms with van der Waals surface area (Å²) in [4.78, 5) is 29.9. The van der Waals surface area contributed by atoms with Crippen LogP contribution in [0.3, 0.4) is 0 Å². The van der Waals surface area contributed by atoms with Crippen LogP contribution in [0.5, 0.6) is 0 Å². The van der Waals surface area contributed by atoms with Gasteiger partial charge in [0.25, 0.3) is 0 Å². The molecule has 30 heavy (non-hydrogen) atoms. The van der Waals surface area contributed by atoms with Gasteiger partial charge in [0.1, 0.15) is 0 Å². The minimum Gasteiger partial charge on any atom is -0.378 e. The summed E-state index contributed by atoms with van der Waals surface area (Å²) in [5, 5.41) is 5.48. The van der Waals surface area contributed by atoms with Crippen molar-refractivity contribution < 1.29 is 14.3 Å². The van der Waals surface area contributed by atoms with Crippen LogP contribution in [0.4, 0.5) is 0 Å². The SMILES string of the molecule is C[C@H](NC(=O)CN1CCCC[C@H]1C(=O)N1CCOCC1)c1cccc2ccccc12. The summed E-state index contributed by atoms with van der Waals surface area (Å²) >= 11 is 0. The van der Waals surface area contributed by atoms with Gasteiger partial charge in [0.2, 0.25) is 11.8 Å². The third-order valence-electron chi connectivity index (χ3n) is 6.24. The summed E-state index contributed by atoms with van der Waals surface area (Å²) in [6, 6.07) is 14.1. The van der Waals surface area contributed by atoms with Gasteiger partial charge in [0.05, 0.1) is 31.8 Å². The van der Waals surface area contributed by atoms with Gasteiger partial charge in [-0.15, -0.1) is 0 Å². The number of nitrogens with zero attached hydrogens (tertiary/aromatic N) is 2. The van der Waals surface area contributed by atoms with E-state index in [9.17, 15) is 9.59 Å². The first-order valence-corrected chi connectivity index (χ1v) is 11.0. The Balaban J connectivity index is 1.41. The summed E-state index contributed by atoms with van der Waals surface area (Å²) in [5.74, 6) is 0.116. The second-order valence-corrected chi connectivity index (χ2v) is 8.28. The summed E-state index contributed by atoms with van der Waals surface area (Å²) in [7, 11) is 0. The predicted octanol–water partition coefficient (Wildman–Crippen LogP) is 2.73. The molecule has 2 aliphatic rings. The second kappa shape index (κ2) is 9.58. The lowest BCUT2D eigenvalue weighted by Gasteiger charge is -2.38. The predicted molar refractivity (Wildman–Crippen MR) is 117 cm³/mol. The van der Waals surface area contributed by atoms with Crippen molar-refractivity contribution in [2.24, 2.45) is 0 Å². The number of hydrogen-bond acceptors (Lipinski definition) is 4. The van der Waals surface area contributed by atoms with Crippen LogP contribution in [0.15, 0.2) is 42.5 Å².